The van der Waals surface area contributed by atoms with Crippen LogP contribution >= 0.6 is 0 Å². The van der Waals surface area contributed by atoms with Crippen molar-refractivity contribution in [2.24, 2.45) is 0 Å². The average molecular weight is 262 g/mol. The minimum atomic E-state index is -4.95. The minimum Gasteiger partial charge on any atom is -0.438 e. The van der Waals surface area contributed by atoms with Crippen LogP contribution in [0.5, 0.6) is 0 Å². The monoisotopic (exact) mass is 262 g/mol. The van der Waals surface area contributed by atoms with E-state index in [-0.39, 0.29) is 6.61 Å². The Morgan fingerprint density at radius 3 is 1.65 bits per heavy atom. The number of hydrogen-bond acceptors (Lipinski definition) is 6. The molecule has 0 saturated heterocycles. The molecule has 0 atom stereocenters. The Balaban J connectivity index is 0. The molecule has 102 valence electrons. The van der Waals surface area contributed by atoms with Crippen molar-refractivity contribution < 1.29 is 41.7 Å². The second-order valence-electron chi connectivity index (χ2n) is 2.12. The van der Waals surface area contributed by atoms with Gasteiger partial charge in [0.15, 0.2) is 0 Å². The molecule has 0 saturated carbocycles. The third-order valence-corrected chi connectivity index (χ3v) is 0.890. The van der Waals surface area contributed by atoms with E-state index in [1.165, 1.54) is 14.0 Å². The second-order valence-corrected chi connectivity index (χ2v) is 2.12. The highest BCUT2D eigenvalue weighted by Crippen LogP contribution is 2.16. The van der Waals surface area contributed by atoms with Gasteiger partial charge in [-0.3, -0.25) is 0 Å². The lowest BCUT2D eigenvalue weighted by atomic mass is 10.9. The van der Waals surface area contributed by atoms with Crippen molar-refractivity contribution in [3.63, 3.8) is 0 Å². The number of ether oxygens (including phenoxy) is 4. The summed E-state index contributed by atoms with van der Waals surface area (Å²) in [4.78, 5) is 19.9. The molecule has 0 aliphatic carbocycles. The van der Waals surface area contributed by atoms with Crippen molar-refractivity contribution in [2.45, 2.75) is 20.2 Å². The molecule has 6 nitrogen and oxygen atoms in total. The van der Waals surface area contributed by atoms with E-state index in [1.807, 2.05) is 0 Å². The average Bonchev–Trinajstić information content (AvgIpc) is 2.16. The number of rotatable bonds is 2. The molecule has 0 heterocycles. The highest BCUT2D eigenvalue weighted by atomic mass is 19.4. The maximum atomic E-state index is 11.1. The Kier molecular flexibility index (Phi) is 9.95. The zero-order valence-corrected chi connectivity index (χ0v) is 9.50. The maximum absolute atomic E-state index is 11.1. The predicted molar refractivity (Wildman–Crippen MR) is 48.2 cm³/mol. The third kappa shape index (κ3) is 17.0. The summed E-state index contributed by atoms with van der Waals surface area (Å²) < 4.78 is 48.4. The molecule has 0 unspecified atom stereocenters. The molecule has 0 aromatic carbocycles. The summed E-state index contributed by atoms with van der Waals surface area (Å²) in [5.74, 6) is 0. The van der Waals surface area contributed by atoms with Gasteiger partial charge in [-0.15, -0.1) is 13.2 Å². The SMILES string of the molecule is CCOC(=O)OC.CCOC(=O)OC(F)(F)F. The molecule has 0 aromatic heterocycles. The van der Waals surface area contributed by atoms with E-state index in [0.29, 0.717) is 6.61 Å². The Hall–Kier alpha value is -1.67. The van der Waals surface area contributed by atoms with Crippen molar-refractivity contribution in [1.82, 2.24) is 0 Å². The van der Waals surface area contributed by atoms with Crippen molar-refractivity contribution in [3.05, 3.63) is 0 Å². The van der Waals surface area contributed by atoms with E-state index in [4.69, 9.17) is 0 Å². The van der Waals surface area contributed by atoms with E-state index < -0.39 is 18.7 Å². The third-order valence-electron chi connectivity index (χ3n) is 0.890. The summed E-state index contributed by atoms with van der Waals surface area (Å²) in [5, 5.41) is 0. The number of halogens is 3. The molecule has 0 bridgehead atoms. The van der Waals surface area contributed by atoms with Crippen molar-refractivity contribution in [2.75, 3.05) is 20.3 Å². The predicted octanol–water partition coefficient (Wildman–Crippen LogP) is 2.47. The molecule has 0 aromatic rings. The van der Waals surface area contributed by atoms with E-state index in [1.54, 1.807) is 6.92 Å². The van der Waals surface area contributed by atoms with Crippen LogP contribution in [0.1, 0.15) is 13.8 Å². The van der Waals surface area contributed by atoms with Gasteiger partial charge in [-0.1, -0.05) is 0 Å². The van der Waals surface area contributed by atoms with Crippen LogP contribution in [-0.4, -0.2) is 39.0 Å². The van der Waals surface area contributed by atoms with E-state index in [2.05, 4.69) is 18.9 Å². The second kappa shape index (κ2) is 9.55. The molecule has 17 heavy (non-hydrogen) atoms. The van der Waals surface area contributed by atoms with Crippen LogP contribution in [0, 0.1) is 0 Å². The Bertz CT molecular complexity index is 228. The van der Waals surface area contributed by atoms with Crippen molar-refractivity contribution >= 4 is 12.3 Å². The van der Waals surface area contributed by atoms with Crippen LogP contribution in [0.25, 0.3) is 0 Å². The molecular formula is C8H13F3O6. The van der Waals surface area contributed by atoms with Crippen molar-refractivity contribution in [1.29, 1.82) is 0 Å². The molecule has 0 rings (SSSR count). The number of methoxy groups -OCH3 is 1. The van der Waals surface area contributed by atoms with Gasteiger partial charge in [-0.05, 0) is 13.8 Å². The lowest BCUT2D eigenvalue weighted by Gasteiger charge is -2.05. The molecule has 0 spiro atoms. The topological polar surface area (TPSA) is 71.1 Å². The normalized spacial score (nSPS) is 9.53. The van der Waals surface area contributed by atoms with Crippen LogP contribution in [0.15, 0.2) is 0 Å². The fourth-order valence-corrected chi connectivity index (χ4v) is 0.419. The van der Waals surface area contributed by atoms with Crippen molar-refractivity contribution in [3.8, 4) is 0 Å². The van der Waals surface area contributed by atoms with E-state index in [0.717, 1.165) is 0 Å². The largest absolute Gasteiger partial charge is 0.577 e. The quantitative estimate of drug-likeness (QED) is 0.712. The molecule has 9 heteroatoms. The van der Waals surface area contributed by atoms with Crippen LogP contribution in [0.4, 0.5) is 22.8 Å². The standard InChI is InChI=1S/C4H5F3O3.C4H8O3/c1-2-9-3(8)10-4(5,6)7;1-3-7-4(5)6-2/h2H2,1H3;3H2,1-2H3. The summed E-state index contributed by atoms with van der Waals surface area (Å²) in [7, 11) is 1.28. The highest BCUT2D eigenvalue weighted by Gasteiger charge is 2.34. The Morgan fingerprint density at radius 2 is 1.41 bits per heavy atom. The summed E-state index contributed by atoms with van der Waals surface area (Å²) in [6.45, 7) is 3.32. The number of alkyl halides is 3. The highest BCUT2D eigenvalue weighted by molar-refractivity contribution is 5.60. The minimum absolute atomic E-state index is 0.144. The van der Waals surface area contributed by atoms with Gasteiger partial charge in [-0.2, -0.15) is 0 Å². The molecular weight excluding hydrogens is 249 g/mol. The molecule has 0 aliphatic rings. The fraction of sp³-hybridized carbons (Fsp3) is 0.750. The molecule has 0 fully saturated rings. The van der Waals surface area contributed by atoms with Gasteiger partial charge in [0.25, 0.3) is 0 Å². The first-order valence-corrected chi connectivity index (χ1v) is 4.40. The molecule has 0 amide bonds. The summed E-state index contributed by atoms with van der Waals surface area (Å²) in [6, 6.07) is 0. The number of hydrogen-bond donors (Lipinski definition) is 0. The smallest absolute Gasteiger partial charge is 0.438 e. The van der Waals surface area contributed by atoms with Gasteiger partial charge in [-0.25, -0.2) is 9.59 Å². The van der Waals surface area contributed by atoms with Gasteiger partial charge in [0.1, 0.15) is 0 Å². The van der Waals surface area contributed by atoms with Gasteiger partial charge < -0.3 is 18.9 Å². The van der Waals surface area contributed by atoms with Crippen LogP contribution < -0.4 is 0 Å². The van der Waals surface area contributed by atoms with Gasteiger partial charge in [0.05, 0.1) is 20.3 Å². The number of carbonyl (C=O) groups excluding carboxylic acids is 2. The van der Waals surface area contributed by atoms with Gasteiger partial charge in [0, 0.05) is 0 Å². The van der Waals surface area contributed by atoms with E-state index in [9.17, 15) is 22.8 Å². The maximum Gasteiger partial charge on any atom is 0.577 e. The summed E-state index contributed by atoms with van der Waals surface area (Å²) in [6.07, 6.45) is -7.30. The lowest BCUT2D eigenvalue weighted by molar-refractivity contribution is -0.299. The van der Waals surface area contributed by atoms with Gasteiger partial charge in [0.2, 0.25) is 0 Å². The first-order chi connectivity index (χ1) is 7.76. The number of carbonyl (C=O) groups is 2. The summed E-state index contributed by atoms with van der Waals surface area (Å²) >= 11 is 0. The van der Waals surface area contributed by atoms with Crippen LogP contribution in [0.3, 0.4) is 0 Å². The molecule has 0 N–H and O–H groups in total. The lowest BCUT2D eigenvalue weighted by Crippen LogP contribution is -2.19. The van der Waals surface area contributed by atoms with Crippen LogP contribution in [-0.2, 0) is 18.9 Å². The fourth-order valence-electron chi connectivity index (χ4n) is 0.419. The van der Waals surface area contributed by atoms with Gasteiger partial charge >= 0.3 is 18.7 Å². The zero-order chi connectivity index (χ0) is 13.9. The summed E-state index contributed by atoms with van der Waals surface area (Å²) in [5.41, 5.74) is 0. The molecule has 0 aliphatic heterocycles. The molecule has 0 radical (unpaired) electrons. The first-order valence-electron chi connectivity index (χ1n) is 4.40. The van der Waals surface area contributed by atoms with Crippen LogP contribution in [0.2, 0.25) is 0 Å². The van der Waals surface area contributed by atoms with E-state index >= 15 is 0 Å². The Labute approximate surface area is 95.6 Å². The first kappa shape index (κ1) is 17.7. The Morgan fingerprint density at radius 1 is 1.00 bits per heavy atom. The zero-order valence-electron chi connectivity index (χ0n) is 9.50.